The second-order valence-corrected chi connectivity index (χ2v) is 6.61. The Bertz CT molecular complexity index is 879. The largest absolute Gasteiger partial charge is 0.493 e. The molecule has 0 bridgehead atoms. The van der Waals surface area contributed by atoms with E-state index in [1.807, 2.05) is 0 Å². The molecule has 0 unspecified atom stereocenters. The van der Waals surface area contributed by atoms with Crippen molar-refractivity contribution in [3.63, 3.8) is 0 Å². The first kappa shape index (κ1) is 15.3. The standard InChI is InChI=1S/C21H24N2O/c1-3-19-14(2)18-11-16(4-6-20(18)23-19)13-22-12-15-5-7-21-17(10-15)8-9-24-21/h4-7,10-11,22-23H,3,8-9,12-13H2,1-2H3. The highest BCUT2D eigenvalue weighted by Crippen LogP contribution is 2.26. The summed E-state index contributed by atoms with van der Waals surface area (Å²) in [6.45, 7) is 7.00. The molecule has 4 rings (SSSR count). The SMILES string of the molecule is CCc1[nH]c2ccc(CNCc3ccc4c(c3)CCO4)cc2c1C. The summed E-state index contributed by atoms with van der Waals surface area (Å²) in [5, 5.41) is 4.91. The summed E-state index contributed by atoms with van der Waals surface area (Å²) in [6.07, 6.45) is 2.09. The minimum atomic E-state index is 0.821. The number of fused-ring (bicyclic) bond motifs is 2. The molecule has 0 aliphatic carbocycles. The fourth-order valence-electron chi connectivity index (χ4n) is 3.59. The Morgan fingerprint density at radius 3 is 2.71 bits per heavy atom. The maximum atomic E-state index is 5.57. The molecule has 0 fully saturated rings. The zero-order valence-electron chi connectivity index (χ0n) is 14.4. The molecule has 0 atom stereocenters. The first-order valence-corrected chi connectivity index (χ1v) is 8.80. The smallest absolute Gasteiger partial charge is 0.122 e. The molecule has 3 heteroatoms. The lowest BCUT2D eigenvalue weighted by molar-refractivity contribution is 0.357. The van der Waals surface area contributed by atoms with Crippen molar-refractivity contribution < 1.29 is 4.74 Å². The Balaban J connectivity index is 1.44. The third kappa shape index (κ3) is 2.80. The summed E-state index contributed by atoms with van der Waals surface area (Å²) in [6, 6.07) is 13.2. The summed E-state index contributed by atoms with van der Waals surface area (Å²) < 4.78 is 5.57. The highest BCUT2D eigenvalue weighted by atomic mass is 16.5. The van der Waals surface area contributed by atoms with E-state index in [9.17, 15) is 0 Å². The number of aryl methyl sites for hydroxylation is 2. The molecule has 2 N–H and O–H groups in total. The molecule has 1 aliphatic rings. The van der Waals surface area contributed by atoms with Gasteiger partial charge in [-0.15, -0.1) is 0 Å². The normalized spacial score (nSPS) is 13.2. The molecule has 0 amide bonds. The predicted octanol–water partition coefficient (Wildman–Crippen LogP) is 4.26. The van der Waals surface area contributed by atoms with Crippen LogP contribution < -0.4 is 10.1 Å². The fraction of sp³-hybridized carbons (Fsp3) is 0.333. The number of ether oxygens (including phenoxy) is 1. The third-order valence-electron chi connectivity index (χ3n) is 4.99. The van der Waals surface area contributed by atoms with Crippen molar-refractivity contribution in [3.8, 4) is 5.75 Å². The van der Waals surface area contributed by atoms with Crippen LogP contribution in [0.25, 0.3) is 10.9 Å². The van der Waals surface area contributed by atoms with Gasteiger partial charge in [0.1, 0.15) is 5.75 Å². The van der Waals surface area contributed by atoms with Gasteiger partial charge in [0.2, 0.25) is 0 Å². The van der Waals surface area contributed by atoms with E-state index in [4.69, 9.17) is 4.74 Å². The Kier molecular flexibility index (Phi) is 4.03. The highest BCUT2D eigenvalue weighted by Gasteiger charge is 2.11. The molecule has 0 saturated carbocycles. The highest BCUT2D eigenvalue weighted by molar-refractivity contribution is 5.85. The minimum Gasteiger partial charge on any atom is -0.493 e. The van der Waals surface area contributed by atoms with Crippen molar-refractivity contribution in [2.24, 2.45) is 0 Å². The molecule has 1 aromatic heterocycles. The van der Waals surface area contributed by atoms with Crippen molar-refractivity contribution in [1.29, 1.82) is 0 Å². The second kappa shape index (κ2) is 6.33. The van der Waals surface area contributed by atoms with Crippen molar-refractivity contribution in [3.05, 3.63) is 64.3 Å². The Hall–Kier alpha value is -2.26. The first-order chi connectivity index (χ1) is 11.7. The van der Waals surface area contributed by atoms with Gasteiger partial charge in [-0.25, -0.2) is 0 Å². The zero-order chi connectivity index (χ0) is 16.5. The Labute approximate surface area is 143 Å². The average molecular weight is 320 g/mol. The zero-order valence-corrected chi connectivity index (χ0v) is 14.4. The van der Waals surface area contributed by atoms with Gasteiger partial charge in [0.05, 0.1) is 6.61 Å². The summed E-state index contributed by atoms with van der Waals surface area (Å²) in [4.78, 5) is 3.51. The molecule has 124 valence electrons. The van der Waals surface area contributed by atoms with E-state index in [0.29, 0.717) is 0 Å². The second-order valence-electron chi connectivity index (χ2n) is 6.61. The molecule has 2 aromatic carbocycles. The van der Waals surface area contributed by atoms with Gasteiger partial charge in [-0.3, -0.25) is 0 Å². The third-order valence-corrected chi connectivity index (χ3v) is 4.99. The summed E-state index contributed by atoms with van der Waals surface area (Å²) >= 11 is 0. The summed E-state index contributed by atoms with van der Waals surface area (Å²) in [7, 11) is 0. The molecule has 24 heavy (non-hydrogen) atoms. The van der Waals surface area contributed by atoms with E-state index < -0.39 is 0 Å². The van der Waals surface area contributed by atoms with Gasteiger partial charge in [-0.2, -0.15) is 0 Å². The van der Waals surface area contributed by atoms with Crippen LogP contribution in [-0.2, 0) is 25.9 Å². The van der Waals surface area contributed by atoms with Gasteiger partial charge in [0.15, 0.2) is 0 Å². The van der Waals surface area contributed by atoms with Crippen LogP contribution in [0.4, 0.5) is 0 Å². The van der Waals surface area contributed by atoms with Crippen LogP contribution >= 0.6 is 0 Å². The molecule has 3 nitrogen and oxygen atoms in total. The molecule has 3 aromatic rings. The van der Waals surface area contributed by atoms with Crippen LogP contribution in [0.1, 0.15) is 34.9 Å². The summed E-state index contributed by atoms with van der Waals surface area (Å²) in [5.41, 5.74) is 7.96. The van der Waals surface area contributed by atoms with Crippen LogP contribution in [-0.4, -0.2) is 11.6 Å². The van der Waals surface area contributed by atoms with Crippen molar-refractivity contribution >= 4 is 10.9 Å². The van der Waals surface area contributed by atoms with Gasteiger partial charge in [0, 0.05) is 36.1 Å². The van der Waals surface area contributed by atoms with E-state index in [-0.39, 0.29) is 0 Å². The van der Waals surface area contributed by atoms with Crippen LogP contribution in [0.3, 0.4) is 0 Å². The quantitative estimate of drug-likeness (QED) is 0.737. The molecule has 1 aliphatic heterocycles. The molecular formula is C21H24N2O. The van der Waals surface area contributed by atoms with E-state index in [2.05, 4.69) is 60.5 Å². The number of hydrogen-bond acceptors (Lipinski definition) is 2. The van der Waals surface area contributed by atoms with Gasteiger partial charge >= 0.3 is 0 Å². The van der Waals surface area contributed by atoms with Crippen molar-refractivity contribution in [2.75, 3.05) is 6.61 Å². The lowest BCUT2D eigenvalue weighted by atomic mass is 10.1. The number of H-pyrrole nitrogens is 1. The van der Waals surface area contributed by atoms with Crippen LogP contribution in [0.15, 0.2) is 36.4 Å². The number of nitrogens with one attached hydrogen (secondary N) is 2. The number of benzene rings is 2. The van der Waals surface area contributed by atoms with Crippen LogP contribution in [0.2, 0.25) is 0 Å². The fourth-order valence-corrected chi connectivity index (χ4v) is 3.59. The Morgan fingerprint density at radius 2 is 1.88 bits per heavy atom. The molecule has 0 radical (unpaired) electrons. The van der Waals surface area contributed by atoms with E-state index in [1.54, 1.807) is 0 Å². The first-order valence-electron chi connectivity index (χ1n) is 8.80. The van der Waals surface area contributed by atoms with Crippen LogP contribution in [0, 0.1) is 6.92 Å². The molecule has 2 heterocycles. The molecular weight excluding hydrogens is 296 g/mol. The number of hydrogen-bond donors (Lipinski definition) is 2. The predicted molar refractivity (Wildman–Crippen MR) is 98.6 cm³/mol. The number of rotatable bonds is 5. The van der Waals surface area contributed by atoms with Gasteiger partial charge < -0.3 is 15.0 Å². The topological polar surface area (TPSA) is 37.0 Å². The molecule has 0 spiro atoms. The van der Waals surface area contributed by atoms with Crippen molar-refractivity contribution in [2.45, 2.75) is 39.8 Å². The van der Waals surface area contributed by atoms with E-state index in [0.717, 1.165) is 38.3 Å². The van der Waals surface area contributed by atoms with Gasteiger partial charge in [0.25, 0.3) is 0 Å². The van der Waals surface area contributed by atoms with Gasteiger partial charge in [-0.1, -0.05) is 25.1 Å². The average Bonchev–Trinajstić information content (AvgIpc) is 3.19. The maximum absolute atomic E-state index is 5.57. The number of aromatic nitrogens is 1. The maximum Gasteiger partial charge on any atom is 0.122 e. The van der Waals surface area contributed by atoms with E-state index >= 15 is 0 Å². The minimum absolute atomic E-state index is 0.821. The van der Waals surface area contributed by atoms with Crippen molar-refractivity contribution in [1.82, 2.24) is 10.3 Å². The lowest BCUT2D eigenvalue weighted by Crippen LogP contribution is -2.12. The van der Waals surface area contributed by atoms with Crippen LogP contribution in [0.5, 0.6) is 5.75 Å². The Morgan fingerprint density at radius 1 is 1.08 bits per heavy atom. The summed E-state index contributed by atoms with van der Waals surface area (Å²) in [5.74, 6) is 1.05. The molecule has 0 saturated heterocycles. The number of aromatic amines is 1. The van der Waals surface area contributed by atoms with E-state index in [1.165, 1.54) is 38.9 Å². The lowest BCUT2D eigenvalue weighted by Gasteiger charge is -2.07. The van der Waals surface area contributed by atoms with Gasteiger partial charge in [-0.05, 0) is 53.8 Å². The monoisotopic (exact) mass is 320 g/mol.